The summed E-state index contributed by atoms with van der Waals surface area (Å²) in [5.41, 5.74) is 1.94. The van der Waals surface area contributed by atoms with Crippen molar-refractivity contribution in [2.24, 2.45) is 0 Å². The molecule has 5 nitrogen and oxygen atoms in total. The molecule has 0 aromatic heterocycles. The van der Waals surface area contributed by atoms with Crippen LogP contribution in [0.1, 0.15) is 24.1 Å². The molecule has 2 aromatic rings. The van der Waals surface area contributed by atoms with E-state index < -0.39 is 0 Å². The fourth-order valence-corrected chi connectivity index (χ4v) is 2.63. The first-order valence-electron chi connectivity index (χ1n) is 7.97. The highest BCUT2D eigenvalue weighted by Crippen LogP contribution is 2.32. The number of hydrogen-bond donors (Lipinski definition) is 1. The average Bonchev–Trinajstić information content (AvgIpc) is 2.61. The largest absolute Gasteiger partial charge is 0.497 e. The second kappa shape index (κ2) is 7.25. The van der Waals surface area contributed by atoms with Gasteiger partial charge in [0.2, 0.25) is 5.91 Å². The van der Waals surface area contributed by atoms with Gasteiger partial charge in [-0.05, 0) is 42.3 Å². The van der Waals surface area contributed by atoms with Crippen molar-refractivity contribution in [3.63, 3.8) is 0 Å². The van der Waals surface area contributed by atoms with Gasteiger partial charge >= 0.3 is 0 Å². The summed E-state index contributed by atoms with van der Waals surface area (Å²) < 4.78 is 16.2. The van der Waals surface area contributed by atoms with Gasteiger partial charge < -0.3 is 19.5 Å². The number of benzene rings is 2. The van der Waals surface area contributed by atoms with Gasteiger partial charge in [0.25, 0.3) is 0 Å². The van der Waals surface area contributed by atoms with Crippen LogP contribution in [0.25, 0.3) is 0 Å². The lowest BCUT2D eigenvalue weighted by Crippen LogP contribution is -2.28. The normalized spacial score (nSPS) is 13.9. The monoisotopic (exact) mass is 327 g/mol. The zero-order chi connectivity index (χ0) is 16.9. The van der Waals surface area contributed by atoms with Gasteiger partial charge in [-0.3, -0.25) is 4.79 Å². The van der Waals surface area contributed by atoms with E-state index in [0.717, 1.165) is 28.4 Å². The summed E-state index contributed by atoms with van der Waals surface area (Å²) in [6, 6.07) is 13.2. The molecule has 0 spiro atoms. The number of methoxy groups -OCH3 is 1. The van der Waals surface area contributed by atoms with Crippen molar-refractivity contribution in [2.75, 3.05) is 20.3 Å². The maximum atomic E-state index is 12.2. The quantitative estimate of drug-likeness (QED) is 0.917. The predicted octanol–water partition coefficient (Wildman–Crippen LogP) is 2.89. The van der Waals surface area contributed by atoms with Gasteiger partial charge in [0.05, 0.1) is 19.6 Å². The summed E-state index contributed by atoms with van der Waals surface area (Å²) in [5, 5.41) is 3.01. The lowest BCUT2D eigenvalue weighted by molar-refractivity contribution is -0.121. The highest BCUT2D eigenvalue weighted by Gasteiger charge is 2.16. The highest BCUT2D eigenvalue weighted by molar-refractivity contribution is 5.79. The number of carbonyl (C=O) groups excluding carboxylic acids is 1. The molecule has 1 heterocycles. The number of hydrogen-bond acceptors (Lipinski definition) is 4. The van der Waals surface area contributed by atoms with E-state index in [4.69, 9.17) is 14.2 Å². The topological polar surface area (TPSA) is 56.8 Å². The van der Waals surface area contributed by atoms with Crippen LogP contribution in [-0.2, 0) is 11.2 Å². The molecule has 1 atom stereocenters. The van der Waals surface area contributed by atoms with E-state index in [-0.39, 0.29) is 11.9 Å². The van der Waals surface area contributed by atoms with Crippen LogP contribution in [0, 0.1) is 0 Å². The van der Waals surface area contributed by atoms with Gasteiger partial charge in [0, 0.05) is 0 Å². The van der Waals surface area contributed by atoms with Gasteiger partial charge in [0.1, 0.15) is 19.0 Å². The van der Waals surface area contributed by atoms with Gasteiger partial charge in [-0.1, -0.05) is 18.2 Å². The Hall–Kier alpha value is -2.69. The van der Waals surface area contributed by atoms with E-state index in [1.54, 1.807) is 7.11 Å². The van der Waals surface area contributed by atoms with E-state index in [1.807, 2.05) is 49.4 Å². The van der Waals surface area contributed by atoms with Gasteiger partial charge in [-0.2, -0.15) is 0 Å². The Balaban J connectivity index is 1.61. The molecule has 1 aliphatic rings. The van der Waals surface area contributed by atoms with Crippen LogP contribution in [0.15, 0.2) is 42.5 Å². The molecule has 1 amide bonds. The summed E-state index contributed by atoms with van der Waals surface area (Å²) in [5.74, 6) is 2.24. The molecule has 126 valence electrons. The van der Waals surface area contributed by atoms with Crippen molar-refractivity contribution in [1.82, 2.24) is 5.32 Å². The highest BCUT2D eigenvalue weighted by atomic mass is 16.6. The number of nitrogens with one attached hydrogen (secondary N) is 1. The fourth-order valence-electron chi connectivity index (χ4n) is 2.63. The van der Waals surface area contributed by atoms with Gasteiger partial charge in [-0.25, -0.2) is 0 Å². The molecule has 1 aliphatic heterocycles. The van der Waals surface area contributed by atoms with Crippen LogP contribution < -0.4 is 19.5 Å². The second-order valence-electron chi connectivity index (χ2n) is 5.72. The lowest BCUT2D eigenvalue weighted by atomic mass is 10.1. The minimum atomic E-state index is -0.105. The van der Waals surface area contributed by atoms with E-state index in [9.17, 15) is 4.79 Å². The van der Waals surface area contributed by atoms with E-state index in [0.29, 0.717) is 19.6 Å². The second-order valence-corrected chi connectivity index (χ2v) is 5.72. The molecule has 0 saturated carbocycles. The number of rotatable bonds is 5. The Morgan fingerprint density at radius 1 is 1.12 bits per heavy atom. The summed E-state index contributed by atoms with van der Waals surface area (Å²) in [6.07, 6.45) is 0.332. The maximum absolute atomic E-state index is 12.2. The third-order valence-electron chi connectivity index (χ3n) is 3.97. The van der Waals surface area contributed by atoms with Crippen molar-refractivity contribution in [3.05, 3.63) is 53.6 Å². The summed E-state index contributed by atoms with van der Waals surface area (Å²) in [7, 11) is 1.62. The minimum absolute atomic E-state index is 0.0254. The van der Waals surface area contributed by atoms with Crippen LogP contribution in [0.5, 0.6) is 17.2 Å². The maximum Gasteiger partial charge on any atom is 0.224 e. The first-order valence-corrected chi connectivity index (χ1v) is 7.97. The summed E-state index contributed by atoms with van der Waals surface area (Å²) >= 11 is 0. The first-order chi connectivity index (χ1) is 11.7. The van der Waals surface area contributed by atoms with Crippen molar-refractivity contribution in [1.29, 1.82) is 0 Å². The molecule has 0 radical (unpaired) electrons. The molecule has 3 rings (SSSR count). The molecular formula is C19H21NO4. The fraction of sp³-hybridized carbons (Fsp3) is 0.316. The van der Waals surface area contributed by atoms with Crippen LogP contribution in [0.4, 0.5) is 0 Å². The molecule has 24 heavy (non-hydrogen) atoms. The van der Waals surface area contributed by atoms with E-state index in [2.05, 4.69) is 5.32 Å². The van der Waals surface area contributed by atoms with Crippen molar-refractivity contribution < 1.29 is 19.0 Å². The van der Waals surface area contributed by atoms with Gasteiger partial charge in [0.15, 0.2) is 11.5 Å². The molecule has 1 N–H and O–H groups in total. The molecule has 0 saturated heterocycles. The van der Waals surface area contributed by atoms with E-state index >= 15 is 0 Å². The smallest absolute Gasteiger partial charge is 0.224 e. The SMILES string of the molecule is COc1ccc(CC(=O)N[C@@H](C)c2ccc3c(c2)OCCO3)cc1. The molecule has 5 heteroatoms. The van der Waals surface area contributed by atoms with Crippen LogP contribution in [-0.4, -0.2) is 26.2 Å². The van der Waals surface area contributed by atoms with Gasteiger partial charge in [-0.15, -0.1) is 0 Å². The molecule has 0 fully saturated rings. The Bertz CT molecular complexity index is 712. The summed E-state index contributed by atoms with van der Waals surface area (Å²) in [4.78, 5) is 12.2. The van der Waals surface area contributed by atoms with Crippen molar-refractivity contribution >= 4 is 5.91 Å². The number of ether oxygens (including phenoxy) is 3. The molecule has 0 aliphatic carbocycles. The predicted molar refractivity (Wildman–Crippen MR) is 90.7 cm³/mol. The third kappa shape index (κ3) is 3.79. The van der Waals surface area contributed by atoms with Crippen molar-refractivity contribution in [2.45, 2.75) is 19.4 Å². The summed E-state index contributed by atoms with van der Waals surface area (Å²) in [6.45, 7) is 3.08. The molecular weight excluding hydrogens is 306 g/mol. The lowest BCUT2D eigenvalue weighted by Gasteiger charge is -2.21. The third-order valence-corrected chi connectivity index (χ3v) is 3.97. The standard InChI is InChI=1S/C19H21NO4/c1-13(15-5-8-17-18(12-15)24-10-9-23-17)20-19(21)11-14-3-6-16(22-2)7-4-14/h3-8,12-13H,9-11H2,1-2H3,(H,20,21)/t13-/m0/s1. The molecule has 0 bridgehead atoms. The minimum Gasteiger partial charge on any atom is -0.497 e. The number of amides is 1. The zero-order valence-corrected chi connectivity index (χ0v) is 13.9. The molecule has 0 unspecified atom stereocenters. The number of fused-ring (bicyclic) bond motifs is 1. The Labute approximate surface area is 141 Å². The first kappa shape index (κ1) is 16.2. The number of carbonyl (C=O) groups is 1. The van der Waals surface area contributed by atoms with E-state index in [1.165, 1.54) is 0 Å². The Morgan fingerprint density at radius 2 is 1.83 bits per heavy atom. The Kier molecular flexibility index (Phi) is 4.89. The average molecular weight is 327 g/mol. The molecule has 2 aromatic carbocycles. The Morgan fingerprint density at radius 3 is 2.54 bits per heavy atom. The van der Waals surface area contributed by atoms with Crippen LogP contribution in [0.2, 0.25) is 0 Å². The zero-order valence-electron chi connectivity index (χ0n) is 13.9. The van der Waals surface area contributed by atoms with Crippen molar-refractivity contribution in [3.8, 4) is 17.2 Å². The van der Waals surface area contributed by atoms with Crippen LogP contribution in [0.3, 0.4) is 0 Å². The van der Waals surface area contributed by atoms with Crippen LogP contribution >= 0.6 is 0 Å².